The predicted molar refractivity (Wildman–Crippen MR) is 81.9 cm³/mol. The molecule has 0 saturated heterocycles. The zero-order valence-electron chi connectivity index (χ0n) is 11.7. The number of amidine groups is 1. The van der Waals surface area contributed by atoms with Crippen molar-refractivity contribution in [3.05, 3.63) is 48.0 Å². The molecule has 2 rings (SSSR count). The summed E-state index contributed by atoms with van der Waals surface area (Å²) in [6, 6.07) is 9.92. The van der Waals surface area contributed by atoms with E-state index in [9.17, 15) is 0 Å². The second-order valence-corrected chi connectivity index (χ2v) is 5.30. The molecule has 1 aromatic rings. The van der Waals surface area contributed by atoms with Crippen LogP contribution >= 0.6 is 0 Å². The van der Waals surface area contributed by atoms with Crippen LogP contribution in [-0.2, 0) is 0 Å². The summed E-state index contributed by atoms with van der Waals surface area (Å²) in [5.41, 5.74) is 6.89. The Morgan fingerprint density at radius 2 is 2.15 bits per heavy atom. The highest BCUT2D eigenvalue weighted by Crippen LogP contribution is 2.18. The molecule has 0 aromatic heterocycles. The topological polar surface area (TPSA) is 70.6 Å². The average molecular weight is 273 g/mol. The predicted octanol–water partition coefficient (Wildman–Crippen LogP) is 2.46. The molecule has 1 aromatic carbocycles. The average Bonchev–Trinajstić information content (AvgIpc) is 2.53. The molecule has 2 unspecified atom stereocenters. The first kappa shape index (κ1) is 14.6. The Balaban J connectivity index is 1.90. The monoisotopic (exact) mass is 273 g/mol. The minimum absolute atomic E-state index is 0.0830. The quantitative estimate of drug-likeness (QED) is 0.245. The fraction of sp³-hybridized carbons (Fsp3) is 0.438. The lowest BCUT2D eigenvalue weighted by Crippen LogP contribution is -2.34. The molecule has 20 heavy (non-hydrogen) atoms. The Bertz CT molecular complexity index is 456. The summed E-state index contributed by atoms with van der Waals surface area (Å²) in [7, 11) is 0. The fourth-order valence-electron chi connectivity index (χ4n) is 2.62. The van der Waals surface area contributed by atoms with Crippen LogP contribution in [0.2, 0.25) is 0 Å². The number of hydrogen-bond acceptors (Lipinski definition) is 3. The minimum atomic E-state index is -0.0830. The SMILES string of the molecule is NC(=NO)C(CNCC1CC=CCC1)c1ccccc1. The van der Waals surface area contributed by atoms with Gasteiger partial charge in [-0.15, -0.1) is 0 Å². The van der Waals surface area contributed by atoms with Crippen LogP contribution < -0.4 is 11.1 Å². The van der Waals surface area contributed by atoms with Crippen LogP contribution in [0.15, 0.2) is 47.6 Å². The summed E-state index contributed by atoms with van der Waals surface area (Å²) in [6.45, 7) is 1.67. The summed E-state index contributed by atoms with van der Waals surface area (Å²) in [5.74, 6) is 0.872. The van der Waals surface area contributed by atoms with Crippen LogP contribution in [-0.4, -0.2) is 24.1 Å². The van der Waals surface area contributed by atoms with Gasteiger partial charge in [0.25, 0.3) is 0 Å². The third kappa shape index (κ3) is 4.10. The largest absolute Gasteiger partial charge is 0.409 e. The minimum Gasteiger partial charge on any atom is -0.409 e. The lowest BCUT2D eigenvalue weighted by molar-refractivity contribution is 0.315. The normalized spacial score (nSPS) is 20.8. The Morgan fingerprint density at radius 3 is 2.80 bits per heavy atom. The van der Waals surface area contributed by atoms with Crippen LogP contribution in [0.5, 0.6) is 0 Å². The van der Waals surface area contributed by atoms with Gasteiger partial charge in [-0.2, -0.15) is 0 Å². The first-order valence-corrected chi connectivity index (χ1v) is 7.19. The van der Waals surface area contributed by atoms with E-state index >= 15 is 0 Å². The van der Waals surface area contributed by atoms with E-state index in [4.69, 9.17) is 10.9 Å². The van der Waals surface area contributed by atoms with E-state index < -0.39 is 0 Å². The molecular formula is C16H23N3O. The van der Waals surface area contributed by atoms with Crippen molar-refractivity contribution in [1.82, 2.24) is 5.32 Å². The molecule has 4 N–H and O–H groups in total. The number of nitrogens with one attached hydrogen (secondary N) is 1. The van der Waals surface area contributed by atoms with E-state index in [0.717, 1.165) is 18.5 Å². The summed E-state index contributed by atoms with van der Waals surface area (Å²) in [5, 5.41) is 15.6. The summed E-state index contributed by atoms with van der Waals surface area (Å²) < 4.78 is 0. The van der Waals surface area contributed by atoms with E-state index in [1.54, 1.807) is 0 Å². The number of nitrogens with two attached hydrogens (primary N) is 1. The third-order valence-electron chi connectivity index (χ3n) is 3.83. The van der Waals surface area contributed by atoms with Gasteiger partial charge in [0.1, 0.15) is 5.84 Å². The maximum Gasteiger partial charge on any atom is 0.147 e. The molecule has 0 radical (unpaired) electrons. The highest BCUT2D eigenvalue weighted by atomic mass is 16.4. The maximum atomic E-state index is 8.94. The van der Waals surface area contributed by atoms with Crippen molar-refractivity contribution in [1.29, 1.82) is 0 Å². The maximum absolute atomic E-state index is 8.94. The number of oxime groups is 1. The Labute approximate surface area is 120 Å². The van der Waals surface area contributed by atoms with E-state index in [-0.39, 0.29) is 11.8 Å². The number of hydrogen-bond donors (Lipinski definition) is 3. The second kappa shape index (κ2) is 7.70. The van der Waals surface area contributed by atoms with Crippen LogP contribution in [0.3, 0.4) is 0 Å². The first-order valence-electron chi connectivity index (χ1n) is 7.19. The van der Waals surface area contributed by atoms with Crippen LogP contribution in [0.4, 0.5) is 0 Å². The molecule has 1 aliphatic rings. The summed E-state index contributed by atoms with van der Waals surface area (Å²) in [4.78, 5) is 0. The molecule has 2 atom stereocenters. The molecule has 0 fully saturated rings. The molecule has 0 amide bonds. The summed E-state index contributed by atoms with van der Waals surface area (Å²) in [6.07, 6.45) is 8.07. The Morgan fingerprint density at radius 1 is 1.35 bits per heavy atom. The molecule has 0 aliphatic heterocycles. The van der Waals surface area contributed by atoms with Gasteiger partial charge in [-0.3, -0.25) is 0 Å². The van der Waals surface area contributed by atoms with Crippen molar-refractivity contribution >= 4 is 5.84 Å². The Hall–Kier alpha value is -1.81. The van der Waals surface area contributed by atoms with E-state index in [0.29, 0.717) is 12.5 Å². The summed E-state index contributed by atoms with van der Waals surface area (Å²) >= 11 is 0. The van der Waals surface area contributed by atoms with Crippen molar-refractivity contribution in [2.45, 2.75) is 25.2 Å². The van der Waals surface area contributed by atoms with Crippen molar-refractivity contribution in [2.75, 3.05) is 13.1 Å². The Kier molecular flexibility index (Phi) is 5.62. The van der Waals surface area contributed by atoms with Crippen LogP contribution in [0, 0.1) is 5.92 Å². The van der Waals surface area contributed by atoms with E-state index in [1.165, 1.54) is 12.8 Å². The fourth-order valence-corrected chi connectivity index (χ4v) is 2.62. The molecule has 0 saturated carbocycles. The van der Waals surface area contributed by atoms with Crippen molar-refractivity contribution in [2.24, 2.45) is 16.8 Å². The van der Waals surface area contributed by atoms with Gasteiger partial charge in [0.15, 0.2) is 0 Å². The lowest BCUT2D eigenvalue weighted by Gasteiger charge is -2.21. The second-order valence-electron chi connectivity index (χ2n) is 5.30. The van der Waals surface area contributed by atoms with Crippen molar-refractivity contribution in [3.8, 4) is 0 Å². The van der Waals surface area contributed by atoms with E-state index in [2.05, 4.69) is 22.6 Å². The smallest absolute Gasteiger partial charge is 0.147 e. The molecule has 4 nitrogen and oxygen atoms in total. The van der Waals surface area contributed by atoms with Gasteiger partial charge in [0.2, 0.25) is 0 Å². The van der Waals surface area contributed by atoms with Gasteiger partial charge in [-0.05, 0) is 37.3 Å². The molecule has 108 valence electrons. The number of nitrogens with zero attached hydrogens (tertiary/aromatic N) is 1. The van der Waals surface area contributed by atoms with Crippen molar-refractivity contribution < 1.29 is 5.21 Å². The van der Waals surface area contributed by atoms with Gasteiger partial charge in [-0.25, -0.2) is 0 Å². The first-order chi connectivity index (χ1) is 9.81. The van der Waals surface area contributed by atoms with Gasteiger partial charge in [-0.1, -0.05) is 47.6 Å². The standard InChI is InChI=1S/C16H23N3O/c17-16(19-20)15(14-9-5-2-6-10-14)12-18-11-13-7-3-1-4-8-13/h1-3,5-6,9-10,13,15,18,20H,4,7-8,11-12H2,(H2,17,19). The molecule has 4 heteroatoms. The molecule has 0 spiro atoms. The number of rotatable bonds is 6. The molecule has 1 aliphatic carbocycles. The van der Waals surface area contributed by atoms with E-state index in [1.807, 2.05) is 30.3 Å². The zero-order valence-corrected chi connectivity index (χ0v) is 11.7. The number of allylic oxidation sites excluding steroid dienone is 2. The molecule has 0 bridgehead atoms. The highest BCUT2D eigenvalue weighted by Gasteiger charge is 2.17. The lowest BCUT2D eigenvalue weighted by atomic mass is 9.93. The van der Waals surface area contributed by atoms with Gasteiger partial charge >= 0.3 is 0 Å². The zero-order chi connectivity index (χ0) is 14.2. The third-order valence-corrected chi connectivity index (χ3v) is 3.83. The highest BCUT2D eigenvalue weighted by molar-refractivity contribution is 5.87. The van der Waals surface area contributed by atoms with Crippen LogP contribution in [0.1, 0.15) is 30.7 Å². The molecular weight excluding hydrogens is 250 g/mol. The van der Waals surface area contributed by atoms with Crippen LogP contribution in [0.25, 0.3) is 0 Å². The van der Waals surface area contributed by atoms with Gasteiger partial charge in [0, 0.05) is 6.54 Å². The van der Waals surface area contributed by atoms with Gasteiger partial charge in [0.05, 0.1) is 5.92 Å². The molecule has 0 heterocycles. The number of benzene rings is 1. The van der Waals surface area contributed by atoms with Gasteiger partial charge < -0.3 is 16.3 Å². The van der Waals surface area contributed by atoms with Crippen molar-refractivity contribution in [3.63, 3.8) is 0 Å².